The van der Waals surface area contributed by atoms with Gasteiger partial charge in [0, 0.05) is 6.07 Å². The van der Waals surface area contributed by atoms with Crippen LogP contribution in [0.3, 0.4) is 0 Å². The largest absolute Gasteiger partial charge is 0.368 e. The highest BCUT2D eigenvalue weighted by atomic mass is 16.6. The number of anilines is 1. The van der Waals surface area contributed by atoms with Crippen molar-refractivity contribution >= 4 is 17.3 Å². The molecule has 0 amide bonds. The van der Waals surface area contributed by atoms with Crippen LogP contribution in [0.25, 0.3) is 5.65 Å². The molecule has 1 unspecified atom stereocenters. The molecule has 0 saturated heterocycles. The number of nitro groups is 1. The summed E-state index contributed by atoms with van der Waals surface area (Å²) in [5.41, 5.74) is 1.67. The molecule has 0 bridgehead atoms. The van der Waals surface area contributed by atoms with Crippen LogP contribution in [-0.2, 0) is 0 Å². The number of imidazole rings is 1. The molecule has 1 saturated carbocycles. The predicted molar refractivity (Wildman–Crippen MR) is 85.2 cm³/mol. The molecule has 1 aliphatic carbocycles. The van der Waals surface area contributed by atoms with E-state index in [-0.39, 0.29) is 11.9 Å². The fraction of sp³-hybridized carbons (Fsp3) is 0.250. The van der Waals surface area contributed by atoms with E-state index in [0.29, 0.717) is 17.4 Å². The summed E-state index contributed by atoms with van der Waals surface area (Å²) in [4.78, 5) is 14.6. The predicted octanol–water partition coefficient (Wildman–Crippen LogP) is 3.20. The molecular weight excluding hydrogens is 294 g/mol. The Balaban J connectivity index is 1.68. The van der Waals surface area contributed by atoms with E-state index in [9.17, 15) is 10.1 Å². The molecule has 2 aromatic heterocycles. The summed E-state index contributed by atoms with van der Waals surface area (Å²) in [5, 5.41) is 18.8. The van der Waals surface area contributed by atoms with Crippen LogP contribution < -0.4 is 5.32 Å². The van der Waals surface area contributed by atoms with Crippen molar-refractivity contribution in [2.24, 2.45) is 5.92 Å². The maximum absolute atomic E-state index is 11.0. The Kier molecular flexibility index (Phi) is 3.18. The Labute approximate surface area is 132 Å². The second kappa shape index (κ2) is 5.35. The Morgan fingerprint density at radius 1 is 1.22 bits per heavy atom. The lowest BCUT2D eigenvalue weighted by Gasteiger charge is -2.18. The van der Waals surface area contributed by atoms with Crippen molar-refractivity contribution in [1.29, 1.82) is 0 Å². The number of nitrogens with zero attached hydrogens (tertiary/aromatic N) is 4. The van der Waals surface area contributed by atoms with E-state index in [1.807, 2.05) is 24.3 Å². The molecule has 0 spiro atoms. The van der Waals surface area contributed by atoms with Gasteiger partial charge in [0.2, 0.25) is 5.65 Å². The number of hydrogen-bond donors (Lipinski definition) is 1. The lowest BCUT2D eigenvalue weighted by Crippen LogP contribution is -2.14. The first kappa shape index (κ1) is 13.7. The Morgan fingerprint density at radius 3 is 2.70 bits per heavy atom. The van der Waals surface area contributed by atoms with Gasteiger partial charge in [-0.3, -0.25) is 0 Å². The van der Waals surface area contributed by atoms with Crippen molar-refractivity contribution in [2.45, 2.75) is 18.9 Å². The fourth-order valence-corrected chi connectivity index (χ4v) is 2.79. The van der Waals surface area contributed by atoms with Crippen molar-refractivity contribution in [3.63, 3.8) is 0 Å². The molecule has 23 heavy (non-hydrogen) atoms. The summed E-state index contributed by atoms with van der Waals surface area (Å²) in [6.07, 6.45) is 3.59. The standard InChI is InChI=1S/C16H15N5O2/c22-21(23)15-10-17-14-9-8-13(19-20(14)15)18-16(12-6-7-12)11-4-2-1-3-5-11/h1-5,8-10,12,16H,6-7H2,(H,18,19). The van der Waals surface area contributed by atoms with Gasteiger partial charge < -0.3 is 15.4 Å². The van der Waals surface area contributed by atoms with Crippen LogP contribution in [0.4, 0.5) is 11.6 Å². The minimum absolute atomic E-state index is 0.133. The highest BCUT2D eigenvalue weighted by Crippen LogP contribution is 2.42. The molecule has 1 aromatic carbocycles. The van der Waals surface area contributed by atoms with Crippen LogP contribution in [0.2, 0.25) is 0 Å². The average Bonchev–Trinajstić information content (AvgIpc) is 3.32. The minimum atomic E-state index is -0.480. The molecule has 1 atom stereocenters. The third-order valence-electron chi connectivity index (χ3n) is 4.09. The maximum atomic E-state index is 11.0. The van der Waals surface area contributed by atoms with Crippen molar-refractivity contribution in [2.75, 3.05) is 5.32 Å². The van der Waals surface area contributed by atoms with E-state index in [4.69, 9.17) is 0 Å². The lowest BCUT2D eigenvalue weighted by atomic mass is 10.0. The zero-order valence-corrected chi connectivity index (χ0v) is 12.3. The Bertz CT molecular complexity index is 857. The van der Waals surface area contributed by atoms with Crippen LogP contribution in [0.5, 0.6) is 0 Å². The topological polar surface area (TPSA) is 85.4 Å². The first-order valence-corrected chi connectivity index (χ1v) is 7.53. The highest BCUT2D eigenvalue weighted by molar-refractivity contribution is 5.49. The van der Waals surface area contributed by atoms with Crippen LogP contribution in [0.15, 0.2) is 48.7 Å². The van der Waals surface area contributed by atoms with Gasteiger partial charge in [0.1, 0.15) is 6.20 Å². The van der Waals surface area contributed by atoms with E-state index >= 15 is 0 Å². The number of aromatic nitrogens is 3. The smallest absolute Gasteiger partial charge is 0.360 e. The van der Waals surface area contributed by atoms with Crippen LogP contribution in [0, 0.1) is 16.0 Å². The van der Waals surface area contributed by atoms with E-state index < -0.39 is 4.92 Å². The van der Waals surface area contributed by atoms with Gasteiger partial charge >= 0.3 is 5.82 Å². The van der Waals surface area contributed by atoms with Gasteiger partial charge in [-0.15, -0.1) is 0 Å². The molecular formula is C16H15N5O2. The van der Waals surface area contributed by atoms with Crippen LogP contribution >= 0.6 is 0 Å². The van der Waals surface area contributed by atoms with Crippen molar-refractivity contribution in [3.05, 3.63) is 64.3 Å². The second-order valence-electron chi connectivity index (χ2n) is 5.73. The summed E-state index contributed by atoms with van der Waals surface area (Å²) < 4.78 is 1.26. The molecule has 3 aromatic rings. The number of hydrogen-bond acceptors (Lipinski definition) is 5. The fourth-order valence-electron chi connectivity index (χ4n) is 2.79. The van der Waals surface area contributed by atoms with E-state index in [1.165, 1.54) is 29.1 Å². The number of nitrogens with one attached hydrogen (secondary N) is 1. The summed E-state index contributed by atoms with van der Waals surface area (Å²) in [6.45, 7) is 0. The molecule has 0 aliphatic heterocycles. The monoisotopic (exact) mass is 309 g/mol. The molecule has 2 heterocycles. The van der Waals surface area contributed by atoms with Crippen LogP contribution in [-0.4, -0.2) is 19.5 Å². The lowest BCUT2D eigenvalue weighted by molar-refractivity contribution is -0.391. The van der Waals surface area contributed by atoms with Gasteiger partial charge in [-0.1, -0.05) is 39.9 Å². The highest BCUT2D eigenvalue weighted by Gasteiger charge is 2.32. The summed E-state index contributed by atoms with van der Waals surface area (Å²) in [5.74, 6) is 1.05. The van der Waals surface area contributed by atoms with Gasteiger partial charge in [-0.2, -0.15) is 0 Å². The molecule has 116 valence electrons. The van der Waals surface area contributed by atoms with Gasteiger partial charge in [-0.25, -0.2) is 4.98 Å². The third kappa shape index (κ3) is 2.61. The normalized spacial score (nSPS) is 15.5. The van der Waals surface area contributed by atoms with Gasteiger partial charge in [0.25, 0.3) is 0 Å². The number of fused-ring (bicyclic) bond motifs is 1. The molecule has 7 nitrogen and oxygen atoms in total. The number of benzene rings is 1. The first-order valence-electron chi connectivity index (χ1n) is 7.53. The van der Waals surface area contributed by atoms with Crippen LogP contribution in [0.1, 0.15) is 24.4 Å². The maximum Gasteiger partial charge on any atom is 0.368 e. The summed E-state index contributed by atoms with van der Waals surface area (Å²) in [7, 11) is 0. The first-order chi connectivity index (χ1) is 11.2. The SMILES string of the molecule is O=[N+]([O-])c1cnc2ccc(NC(c3ccccc3)C3CC3)nn12. The molecule has 1 N–H and O–H groups in total. The molecule has 7 heteroatoms. The van der Waals surface area contributed by atoms with Gasteiger partial charge in [0.15, 0.2) is 5.82 Å². The average molecular weight is 309 g/mol. The summed E-state index contributed by atoms with van der Waals surface area (Å²) in [6, 6.07) is 13.9. The third-order valence-corrected chi connectivity index (χ3v) is 4.09. The molecule has 0 radical (unpaired) electrons. The second-order valence-corrected chi connectivity index (χ2v) is 5.73. The minimum Gasteiger partial charge on any atom is -0.360 e. The Morgan fingerprint density at radius 2 is 2.00 bits per heavy atom. The van der Waals surface area contributed by atoms with Gasteiger partial charge in [0.05, 0.1) is 6.04 Å². The van der Waals surface area contributed by atoms with E-state index in [1.54, 1.807) is 6.07 Å². The van der Waals surface area contributed by atoms with Crippen molar-refractivity contribution in [3.8, 4) is 0 Å². The Hall–Kier alpha value is -2.96. The zero-order chi connectivity index (χ0) is 15.8. The van der Waals surface area contributed by atoms with E-state index in [0.717, 1.165) is 0 Å². The van der Waals surface area contributed by atoms with Crippen molar-refractivity contribution < 1.29 is 4.92 Å². The van der Waals surface area contributed by atoms with E-state index in [2.05, 4.69) is 27.5 Å². The molecule has 4 rings (SSSR count). The van der Waals surface area contributed by atoms with Gasteiger partial charge in [-0.05, 0) is 35.3 Å². The molecule has 1 fully saturated rings. The molecule has 1 aliphatic rings. The number of rotatable bonds is 5. The summed E-state index contributed by atoms with van der Waals surface area (Å²) >= 11 is 0. The zero-order valence-electron chi connectivity index (χ0n) is 12.3. The van der Waals surface area contributed by atoms with Crippen molar-refractivity contribution in [1.82, 2.24) is 14.6 Å². The quantitative estimate of drug-likeness (QED) is 0.578.